The van der Waals surface area contributed by atoms with Gasteiger partial charge in [0.1, 0.15) is 6.10 Å². The first-order valence-electron chi connectivity index (χ1n) is 25.5. The van der Waals surface area contributed by atoms with E-state index in [2.05, 4.69) is 123 Å². The zero-order chi connectivity index (χ0) is 45.2. The molecule has 3 N–H and O–H groups in total. The SMILES string of the molecule is CC/C=C\C/C=C\C/C=C\C/C=C\C/C=C\CCCC(CC(=O)NC(CO)C(O)CCCCCCCCCCCCCC)OC(=O)CCCCCC/C=C/C/C=C/C/C=C/CC. The van der Waals surface area contributed by atoms with Gasteiger partial charge >= 0.3 is 5.97 Å². The number of unbranched alkanes of at least 4 members (excludes halogenated alkanes) is 16. The molecule has 354 valence electrons. The van der Waals surface area contributed by atoms with Gasteiger partial charge in [-0.25, -0.2) is 0 Å². The second kappa shape index (κ2) is 48.8. The van der Waals surface area contributed by atoms with Gasteiger partial charge in [-0.1, -0.05) is 208 Å². The zero-order valence-electron chi connectivity index (χ0n) is 40.2. The van der Waals surface area contributed by atoms with E-state index in [1.165, 1.54) is 57.8 Å². The van der Waals surface area contributed by atoms with Crippen LogP contribution in [0, 0.1) is 0 Å². The second-order valence-corrected chi connectivity index (χ2v) is 16.8. The second-order valence-electron chi connectivity index (χ2n) is 16.8. The molecule has 0 aliphatic rings. The van der Waals surface area contributed by atoms with Crippen molar-refractivity contribution in [2.45, 2.75) is 238 Å². The van der Waals surface area contributed by atoms with E-state index in [0.717, 1.165) is 116 Å². The van der Waals surface area contributed by atoms with Crippen LogP contribution in [0.1, 0.15) is 220 Å². The van der Waals surface area contributed by atoms with Crippen LogP contribution in [0.3, 0.4) is 0 Å². The fraction of sp³-hybridized carbons (Fsp3) is 0.679. The van der Waals surface area contributed by atoms with Crippen LogP contribution in [-0.2, 0) is 14.3 Å². The van der Waals surface area contributed by atoms with Gasteiger partial charge in [0.2, 0.25) is 5.91 Å². The predicted molar refractivity (Wildman–Crippen MR) is 268 cm³/mol. The predicted octanol–water partition coefficient (Wildman–Crippen LogP) is 15.3. The fourth-order valence-electron chi connectivity index (χ4n) is 7.12. The first kappa shape index (κ1) is 58.8. The Morgan fingerprint density at radius 2 is 0.887 bits per heavy atom. The molecule has 0 aliphatic heterocycles. The number of nitrogens with one attached hydrogen (secondary N) is 1. The standard InChI is InChI=1S/C56H95NO5/c1-4-7-10-13-16-19-22-25-27-28-29-30-32-35-38-41-44-47-52(62-56(61)49-46-43-40-37-34-31-26-23-20-17-14-11-8-5-2)50-55(60)57-53(51-58)54(59)48-45-42-39-36-33-24-21-18-15-12-9-6-3/h7-8,10-11,16-17,19-20,25-27,29-31,35,38,52-54,58-59H,4-6,9,12-15,18,21-24,28,32-34,36-37,39-51H2,1-3H3,(H,57,60)/b10-7-,11-8+,19-16-,20-17+,27-25-,30-29-,31-26+,38-35-. The summed E-state index contributed by atoms with van der Waals surface area (Å²) in [6.07, 6.45) is 64.7. The van der Waals surface area contributed by atoms with Crippen molar-refractivity contribution in [1.29, 1.82) is 0 Å². The number of aliphatic hydroxyl groups excluding tert-OH is 2. The lowest BCUT2D eigenvalue weighted by Gasteiger charge is -2.24. The number of hydrogen-bond donors (Lipinski definition) is 3. The first-order chi connectivity index (χ1) is 30.5. The van der Waals surface area contributed by atoms with E-state index in [1.54, 1.807) is 0 Å². The number of aliphatic hydroxyl groups is 2. The Balaban J connectivity index is 4.76. The van der Waals surface area contributed by atoms with Crippen molar-refractivity contribution < 1.29 is 24.5 Å². The Labute approximate surface area is 382 Å². The largest absolute Gasteiger partial charge is 0.462 e. The quantitative estimate of drug-likeness (QED) is 0.0322. The minimum Gasteiger partial charge on any atom is -0.462 e. The van der Waals surface area contributed by atoms with Crippen molar-refractivity contribution in [1.82, 2.24) is 5.32 Å². The molecule has 1 amide bonds. The molecular weight excluding hydrogens is 767 g/mol. The Bertz CT molecular complexity index is 1240. The summed E-state index contributed by atoms with van der Waals surface area (Å²) in [6, 6.07) is -0.729. The molecule has 0 rings (SSSR count). The zero-order valence-corrected chi connectivity index (χ0v) is 40.2. The highest BCUT2D eigenvalue weighted by atomic mass is 16.5. The molecule has 0 spiro atoms. The molecule has 0 aliphatic carbocycles. The maximum Gasteiger partial charge on any atom is 0.306 e. The van der Waals surface area contributed by atoms with Crippen LogP contribution in [0.4, 0.5) is 0 Å². The average molecular weight is 862 g/mol. The van der Waals surface area contributed by atoms with Gasteiger partial charge < -0.3 is 20.3 Å². The van der Waals surface area contributed by atoms with Gasteiger partial charge in [0.25, 0.3) is 0 Å². The topological polar surface area (TPSA) is 95.9 Å². The number of ether oxygens (including phenoxy) is 1. The number of rotatable bonds is 44. The van der Waals surface area contributed by atoms with Gasteiger partial charge in [0.05, 0.1) is 25.2 Å². The molecule has 0 saturated carbocycles. The van der Waals surface area contributed by atoms with Crippen LogP contribution in [-0.4, -0.2) is 46.9 Å². The number of amides is 1. The molecule has 3 atom stereocenters. The first-order valence-corrected chi connectivity index (χ1v) is 25.5. The molecule has 62 heavy (non-hydrogen) atoms. The molecule has 0 saturated heterocycles. The molecule has 0 aromatic rings. The highest BCUT2D eigenvalue weighted by molar-refractivity contribution is 5.77. The third-order valence-electron chi connectivity index (χ3n) is 10.9. The average Bonchev–Trinajstić information content (AvgIpc) is 3.26. The van der Waals surface area contributed by atoms with Crippen molar-refractivity contribution in [2.24, 2.45) is 0 Å². The summed E-state index contributed by atoms with van der Waals surface area (Å²) in [6.45, 7) is 6.22. The number of allylic oxidation sites excluding steroid dienone is 16. The molecule has 0 heterocycles. The molecule has 0 aromatic carbocycles. The van der Waals surface area contributed by atoms with Crippen LogP contribution in [0.15, 0.2) is 97.2 Å². The van der Waals surface area contributed by atoms with Crippen LogP contribution in [0.2, 0.25) is 0 Å². The summed E-state index contributed by atoms with van der Waals surface area (Å²) < 4.78 is 5.89. The number of carbonyl (C=O) groups is 2. The lowest BCUT2D eigenvalue weighted by molar-refractivity contribution is -0.151. The highest BCUT2D eigenvalue weighted by Crippen LogP contribution is 2.16. The molecule has 0 fully saturated rings. The molecule has 6 heteroatoms. The lowest BCUT2D eigenvalue weighted by Crippen LogP contribution is -2.46. The highest BCUT2D eigenvalue weighted by Gasteiger charge is 2.24. The smallest absolute Gasteiger partial charge is 0.306 e. The molecule has 3 unspecified atom stereocenters. The summed E-state index contributed by atoms with van der Waals surface area (Å²) in [4.78, 5) is 26.1. The van der Waals surface area contributed by atoms with Gasteiger partial charge in [-0.2, -0.15) is 0 Å². The van der Waals surface area contributed by atoms with E-state index in [0.29, 0.717) is 19.3 Å². The van der Waals surface area contributed by atoms with E-state index in [1.807, 2.05) is 0 Å². The van der Waals surface area contributed by atoms with E-state index >= 15 is 0 Å². The van der Waals surface area contributed by atoms with Crippen LogP contribution < -0.4 is 5.32 Å². The van der Waals surface area contributed by atoms with Crippen LogP contribution in [0.25, 0.3) is 0 Å². The summed E-state index contributed by atoms with van der Waals surface area (Å²) in [5.41, 5.74) is 0. The minimum atomic E-state index is -0.811. The molecular formula is C56H95NO5. The van der Waals surface area contributed by atoms with Gasteiger partial charge in [0, 0.05) is 6.42 Å². The number of carbonyl (C=O) groups excluding carboxylic acids is 2. The Morgan fingerprint density at radius 3 is 1.35 bits per heavy atom. The maximum atomic E-state index is 13.2. The molecule has 0 aromatic heterocycles. The monoisotopic (exact) mass is 862 g/mol. The van der Waals surface area contributed by atoms with Gasteiger partial charge in [-0.3, -0.25) is 9.59 Å². The van der Waals surface area contributed by atoms with Crippen LogP contribution >= 0.6 is 0 Å². The maximum absolute atomic E-state index is 13.2. The van der Waals surface area contributed by atoms with Crippen molar-refractivity contribution in [3.63, 3.8) is 0 Å². The van der Waals surface area contributed by atoms with E-state index in [-0.39, 0.29) is 24.9 Å². The molecule has 6 nitrogen and oxygen atoms in total. The third-order valence-corrected chi connectivity index (χ3v) is 10.9. The number of hydrogen-bond acceptors (Lipinski definition) is 5. The van der Waals surface area contributed by atoms with Crippen molar-refractivity contribution in [2.75, 3.05) is 6.61 Å². The van der Waals surface area contributed by atoms with Crippen molar-refractivity contribution in [3.8, 4) is 0 Å². The van der Waals surface area contributed by atoms with Crippen molar-refractivity contribution >= 4 is 11.9 Å². The summed E-state index contributed by atoms with van der Waals surface area (Å²) in [5, 5.41) is 23.7. The fourth-order valence-corrected chi connectivity index (χ4v) is 7.12. The van der Waals surface area contributed by atoms with Crippen LogP contribution in [0.5, 0.6) is 0 Å². The molecule has 0 bridgehead atoms. The Hall–Kier alpha value is -3.22. The van der Waals surface area contributed by atoms with E-state index < -0.39 is 18.2 Å². The van der Waals surface area contributed by atoms with Crippen molar-refractivity contribution in [3.05, 3.63) is 97.2 Å². The Morgan fingerprint density at radius 1 is 0.484 bits per heavy atom. The number of esters is 1. The summed E-state index contributed by atoms with van der Waals surface area (Å²) in [7, 11) is 0. The summed E-state index contributed by atoms with van der Waals surface area (Å²) in [5.74, 6) is -0.564. The van der Waals surface area contributed by atoms with Gasteiger partial charge in [-0.05, 0) is 96.3 Å². The lowest BCUT2D eigenvalue weighted by atomic mass is 10.0. The Kier molecular flexibility index (Phi) is 46.3. The molecule has 0 radical (unpaired) electrons. The minimum absolute atomic E-state index is 0.0240. The normalized spacial score (nSPS) is 14.1. The summed E-state index contributed by atoms with van der Waals surface area (Å²) >= 11 is 0. The van der Waals surface area contributed by atoms with Gasteiger partial charge in [-0.15, -0.1) is 0 Å². The van der Waals surface area contributed by atoms with E-state index in [9.17, 15) is 19.8 Å². The third kappa shape index (κ3) is 43.4. The van der Waals surface area contributed by atoms with E-state index in [4.69, 9.17) is 4.74 Å². The van der Waals surface area contributed by atoms with Gasteiger partial charge in [0.15, 0.2) is 0 Å².